The first kappa shape index (κ1) is 20.1. The van der Waals surface area contributed by atoms with E-state index in [1.165, 1.54) is 17.8 Å². The molecule has 2 aromatic carbocycles. The Morgan fingerprint density at radius 1 is 0.862 bits per heavy atom. The summed E-state index contributed by atoms with van der Waals surface area (Å²) < 4.78 is 0. The van der Waals surface area contributed by atoms with E-state index in [1.54, 1.807) is 6.07 Å². The second-order valence-electron chi connectivity index (χ2n) is 6.83. The number of hydrogen-bond donors (Lipinski definition) is 2. The van der Waals surface area contributed by atoms with Crippen LogP contribution < -0.4 is 15.5 Å². The van der Waals surface area contributed by atoms with Gasteiger partial charge in [0, 0.05) is 42.9 Å². The third kappa shape index (κ3) is 5.19. The number of hydrogen-bond acceptors (Lipinski definition) is 4. The summed E-state index contributed by atoms with van der Waals surface area (Å²) in [5, 5.41) is 5.64. The quantitative estimate of drug-likeness (QED) is 0.663. The van der Waals surface area contributed by atoms with Gasteiger partial charge in [-0.1, -0.05) is 19.1 Å². The highest BCUT2D eigenvalue weighted by molar-refractivity contribution is 6.07. The maximum atomic E-state index is 12.5. The highest BCUT2D eigenvalue weighted by Gasteiger charge is 2.13. The van der Waals surface area contributed by atoms with Gasteiger partial charge in [0.05, 0.1) is 0 Å². The van der Waals surface area contributed by atoms with E-state index in [0.717, 1.165) is 12.1 Å². The number of anilines is 3. The van der Waals surface area contributed by atoms with Gasteiger partial charge in [-0.05, 0) is 60.5 Å². The predicted octanol–water partition coefficient (Wildman–Crippen LogP) is 4.21. The van der Waals surface area contributed by atoms with Crippen molar-refractivity contribution < 1.29 is 9.59 Å². The Morgan fingerprint density at radius 3 is 2.03 bits per heavy atom. The molecule has 0 aliphatic heterocycles. The number of aromatic nitrogens is 1. The Balaban J connectivity index is 1.68. The first-order chi connectivity index (χ1) is 14.0. The molecule has 6 heteroatoms. The Kier molecular flexibility index (Phi) is 6.24. The molecule has 2 amide bonds. The van der Waals surface area contributed by atoms with Crippen molar-refractivity contribution in [2.75, 3.05) is 29.6 Å². The summed E-state index contributed by atoms with van der Waals surface area (Å²) in [5.74, 6) is -0.661. The molecular weight excluding hydrogens is 364 g/mol. The number of benzene rings is 2. The van der Waals surface area contributed by atoms with Gasteiger partial charge >= 0.3 is 0 Å². The minimum Gasteiger partial charge on any atom is -0.378 e. The van der Waals surface area contributed by atoms with Crippen molar-refractivity contribution in [3.63, 3.8) is 0 Å². The summed E-state index contributed by atoms with van der Waals surface area (Å²) in [5.41, 5.74) is 4.14. The molecule has 6 nitrogen and oxygen atoms in total. The number of pyridine rings is 1. The monoisotopic (exact) mass is 388 g/mol. The van der Waals surface area contributed by atoms with Gasteiger partial charge in [-0.3, -0.25) is 14.6 Å². The van der Waals surface area contributed by atoms with Gasteiger partial charge in [-0.2, -0.15) is 0 Å². The van der Waals surface area contributed by atoms with Crippen LogP contribution in [0.2, 0.25) is 0 Å². The number of nitrogens with one attached hydrogen (secondary N) is 2. The van der Waals surface area contributed by atoms with E-state index in [0.29, 0.717) is 16.9 Å². The number of carbonyl (C=O) groups is 2. The molecule has 0 unspecified atom stereocenters. The summed E-state index contributed by atoms with van der Waals surface area (Å²) >= 11 is 0. The third-order valence-corrected chi connectivity index (χ3v) is 4.52. The Bertz CT molecular complexity index is 996. The van der Waals surface area contributed by atoms with E-state index < -0.39 is 0 Å². The second kappa shape index (κ2) is 9.01. The van der Waals surface area contributed by atoms with Gasteiger partial charge < -0.3 is 15.5 Å². The predicted molar refractivity (Wildman–Crippen MR) is 117 cm³/mol. The van der Waals surface area contributed by atoms with Crippen LogP contribution >= 0.6 is 0 Å². The van der Waals surface area contributed by atoms with E-state index in [1.807, 2.05) is 67.5 Å². The zero-order valence-corrected chi connectivity index (χ0v) is 16.8. The van der Waals surface area contributed by atoms with Crippen molar-refractivity contribution >= 4 is 28.9 Å². The molecule has 3 aromatic rings. The summed E-state index contributed by atoms with van der Waals surface area (Å²) in [6, 6.07) is 18.2. The highest BCUT2D eigenvalue weighted by Crippen LogP contribution is 2.17. The fourth-order valence-corrected chi connectivity index (χ4v) is 2.76. The normalized spacial score (nSPS) is 10.3. The molecule has 0 saturated heterocycles. The van der Waals surface area contributed by atoms with E-state index in [-0.39, 0.29) is 17.5 Å². The maximum absolute atomic E-state index is 12.5. The lowest BCUT2D eigenvalue weighted by atomic mass is 10.1. The molecule has 0 radical (unpaired) electrons. The molecule has 0 spiro atoms. The lowest BCUT2D eigenvalue weighted by Gasteiger charge is -2.13. The molecule has 0 aliphatic carbocycles. The first-order valence-corrected chi connectivity index (χ1v) is 9.41. The van der Waals surface area contributed by atoms with Crippen LogP contribution in [-0.2, 0) is 6.42 Å². The van der Waals surface area contributed by atoms with Crippen molar-refractivity contribution in [3.05, 3.63) is 83.7 Å². The van der Waals surface area contributed by atoms with Crippen molar-refractivity contribution in [1.29, 1.82) is 0 Å². The van der Waals surface area contributed by atoms with Gasteiger partial charge in [-0.25, -0.2) is 0 Å². The van der Waals surface area contributed by atoms with Gasteiger partial charge in [0.25, 0.3) is 11.8 Å². The van der Waals surface area contributed by atoms with E-state index in [2.05, 4.69) is 22.5 Å². The van der Waals surface area contributed by atoms with Crippen molar-refractivity contribution in [2.45, 2.75) is 13.3 Å². The average Bonchev–Trinajstić information content (AvgIpc) is 2.74. The first-order valence-electron chi connectivity index (χ1n) is 9.41. The van der Waals surface area contributed by atoms with Crippen LogP contribution in [0.5, 0.6) is 0 Å². The molecule has 0 saturated carbocycles. The zero-order valence-electron chi connectivity index (χ0n) is 16.8. The zero-order chi connectivity index (χ0) is 20.8. The molecule has 3 rings (SSSR count). The van der Waals surface area contributed by atoms with E-state index in [9.17, 15) is 9.59 Å². The molecule has 0 atom stereocenters. The van der Waals surface area contributed by atoms with Gasteiger partial charge in [-0.15, -0.1) is 0 Å². The third-order valence-electron chi connectivity index (χ3n) is 4.52. The van der Waals surface area contributed by atoms with Gasteiger partial charge in [0.1, 0.15) is 5.69 Å². The molecule has 0 aliphatic rings. The van der Waals surface area contributed by atoms with Crippen LogP contribution in [-0.4, -0.2) is 30.9 Å². The average molecular weight is 388 g/mol. The topological polar surface area (TPSA) is 74.3 Å². The van der Waals surface area contributed by atoms with Crippen molar-refractivity contribution in [1.82, 2.24) is 4.98 Å². The molecule has 1 heterocycles. The number of nitrogens with zero attached hydrogens (tertiary/aromatic N) is 2. The Morgan fingerprint density at radius 2 is 1.45 bits per heavy atom. The Labute approximate surface area is 170 Å². The molecule has 0 fully saturated rings. The smallest absolute Gasteiger partial charge is 0.274 e. The Hall–Kier alpha value is -3.67. The number of carbonyl (C=O) groups excluding carboxylic acids is 2. The van der Waals surface area contributed by atoms with Crippen LogP contribution in [0, 0.1) is 0 Å². The van der Waals surface area contributed by atoms with E-state index in [4.69, 9.17) is 0 Å². The maximum Gasteiger partial charge on any atom is 0.274 e. The fourth-order valence-electron chi connectivity index (χ4n) is 2.76. The number of rotatable bonds is 6. The van der Waals surface area contributed by atoms with Crippen molar-refractivity contribution in [3.8, 4) is 0 Å². The summed E-state index contributed by atoms with van der Waals surface area (Å²) in [6.45, 7) is 2.08. The molecule has 148 valence electrons. The summed E-state index contributed by atoms with van der Waals surface area (Å²) in [7, 11) is 3.90. The summed E-state index contributed by atoms with van der Waals surface area (Å²) in [6.07, 6.45) is 2.40. The van der Waals surface area contributed by atoms with Gasteiger partial charge in [0.2, 0.25) is 0 Å². The fraction of sp³-hybridized carbons (Fsp3) is 0.174. The molecular formula is C23H24N4O2. The minimum atomic E-state index is -0.371. The van der Waals surface area contributed by atoms with Crippen LogP contribution in [0.25, 0.3) is 0 Å². The van der Waals surface area contributed by atoms with Crippen molar-refractivity contribution in [2.24, 2.45) is 0 Å². The van der Waals surface area contributed by atoms with Crippen LogP contribution in [0.1, 0.15) is 33.3 Å². The van der Waals surface area contributed by atoms with Crippen LogP contribution in [0.4, 0.5) is 17.1 Å². The molecule has 29 heavy (non-hydrogen) atoms. The lowest BCUT2D eigenvalue weighted by Crippen LogP contribution is -2.17. The standard InChI is InChI=1S/C23H24N4O2/c1-4-16-5-7-18(8-6-16)25-22(28)17-13-14-24-21(15-17)23(29)26-19-9-11-20(12-10-19)27(2)3/h5-15H,4H2,1-3H3,(H,25,28)(H,26,29). The number of aryl methyl sites for hydroxylation is 1. The molecule has 0 bridgehead atoms. The molecule has 2 N–H and O–H groups in total. The second-order valence-corrected chi connectivity index (χ2v) is 6.83. The lowest BCUT2D eigenvalue weighted by molar-refractivity contribution is 0.102. The van der Waals surface area contributed by atoms with Gasteiger partial charge in [0.15, 0.2) is 0 Å². The summed E-state index contributed by atoms with van der Waals surface area (Å²) in [4.78, 5) is 31.1. The minimum absolute atomic E-state index is 0.177. The van der Waals surface area contributed by atoms with Crippen LogP contribution in [0.15, 0.2) is 66.9 Å². The van der Waals surface area contributed by atoms with E-state index >= 15 is 0 Å². The van der Waals surface area contributed by atoms with Crippen LogP contribution in [0.3, 0.4) is 0 Å². The largest absolute Gasteiger partial charge is 0.378 e. The SMILES string of the molecule is CCc1ccc(NC(=O)c2ccnc(C(=O)Nc3ccc(N(C)C)cc3)c2)cc1. The molecule has 1 aromatic heterocycles. The highest BCUT2D eigenvalue weighted by atomic mass is 16.2. The number of amides is 2.